The Morgan fingerprint density at radius 2 is 2.29 bits per heavy atom. The number of urea groups is 1. The first-order chi connectivity index (χ1) is 10.1. The van der Waals surface area contributed by atoms with Gasteiger partial charge in [0, 0.05) is 12.6 Å². The number of hydrogen-bond acceptors (Lipinski definition) is 3. The maximum Gasteiger partial charge on any atom is 0.322 e. The summed E-state index contributed by atoms with van der Waals surface area (Å²) in [7, 11) is 0. The Kier molecular flexibility index (Phi) is 3.84. The van der Waals surface area contributed by atoms with Gasteiger partial charge in [-0.2, -0.15) is 0 Å². The molecule has 1 aliphatic heterocycles. The summed E-state index contributed by atoms with van der Waals surface area (Å²) in [5.41, 5.74) is 1.42. The van der Waals surface area contributed by atoms with Crippen molar-refractivity contribution in [2.24, 2.45) is 0 Å². The van der Waals surface area contributed by atoms with Crippen LogP contribution in [0.2, 0.25) is 5.02 Å². The Morgan fingerprint density at radius 3 is 3.00 bits per heavy atom. The highest BCUT2D eigenvalue weighted by Crippen LogP contribution is 2.32. The van der Waals surface area contributed by atoms with Crippen molar-refractivity contribution in [2.75, 3.05) is 11.9 Å². The summed E-state index contributed by atoms with van der Waals surface area (Å²) >= 11 is 6.07. The quantitative estimate of drug-likeness (QED) is 0.912. The second kappa shape index (κ2) is 5.77. The number of aromatic nitrogens is 1. The van der Waals surface area contributed by atoms with E-state index in [1.54, 1.807) is 17.0 Å². The number of likely N-dealkylation sites (tertiary alicyclic amines) is 1. The minimum absolute atomic E-state index is 0.0371. The maximum atomic E-state index is 12.5. The van der Waals surface area contributed by atoms with Gasteiger partial charge in [0.25, 0.3) is 0 Å². The molecule has 1 fully saturated rings. The summed E-state index contributed by atoms with van der Waals surface area (Å²) in [5.74, 6) is 0.753. The van der Waals surface area contributed by atoms with E-state index >= 15 is 0 Å². The Hall–Kier alpha value is -2.01. The van der Waals surface area contributed by atoms with Crippen LogP contribution in [0, 0.1) is 6.92 Å². The third-order valence-electron chi connectivity index (χ3n) is 3.62. The summed E-state index contributed by atoms with van der Waals surface area (Å²) in [6.07, 6.45) is 1.84. The zero-order valence-corrected chi connectivity index (χ0v) is 12.4. The van der Waals surface area contributed by atoms with Gasteiger partial charge in [-0.25, -0.2) is 4.79 Å². The van der Waals surface area contributed by atoms with E-state index < -0.39 is 0 Å². The van der Waals surface area contributed by atoms with E-state index in [1.165, 1.54) is 0 Å². The molecule has 1 aromatic carbocycles. The lowest BCUT2D eigenvalue weighted by molar-refractivity contribution is 0.204. The molecule has 0 saturated carbocycles. The molecular formula is C15H16ClN3O2. The van der Waals surface area contributed by atoms with Crippen molar-refractivity contribution in [3.63, 3.8) is 0 Å². The molecule has 0 aliphatic carbocycles. The Bertz CT molecular complexity index is 656. The number of benzene rings is 1. The highest BCUT2D eigenvalue weighted by Gasteiger charge is 2.32. The fraction of sp³-hybridized carbons (Fsp3) is 0.333. The average molecular weight is 306 g/mol. The molecule has 6 heteroatoms. The van der Waals surface area contributed by atoms with Crippen molar-refractivity contribution in [3.8, 4) is 0 Å². The fourth-order valence-electron chi connectivity index (χ4n) is 2.61. The maximum absolute atomic E-state index is 12.5. The van der Waals surface area contributed by atoms with Gasteiger partial charge in [0.2, 0.25) is 0 Å². The predicted molar refractivity (Wildman–Crippen MR) is 80.4 cm³/mol. The van der Waals surface area contributed by atoms with Gasteiger partial charge in [-0.15, -0.1) is 0 Å². The Labute approximate surface area is 127 Å². The summed E-state index contributed by atoms with van der Waals surface area (Å²) in [6, 6.07) is 8.88. The molecule has 1 N–H and O–H groups in total. The van der Waals surface area contributed by atoms with E-state index in [4.69, 9.17) is 16.1 Å². The van der Waals surface area contributed by atoms with Crippen molar-refractivity contribution in [1.29, 1.82) is 0 Å². The number of amides is 2. The molecule has 0 spiro atoms. The SMILES string of the molecule is Cc1cc([C@H]2CCCN2C(=O)Nc2ccccc2Cl)no1. The number of hydrogen-bond donors (Lipinski definition) is 1. The summed E-state index contributed by atoms with van der Waals surface area (Å²) < 4.78 is 5.11. The molecule has 1 saturated heterocycles. The molecular weight excluding hydrogens is 290 g/mol. The number of halogens is 1. The van der Waals surface area contributed by atoms with Crippen molar-refractivity contribution in [1.82, 2.24) is 10.1 Å². The first kappa shape index (κ1) is 13.9. The van der Waals surface area contributed by atoms with E-state index in [-0.39, 0.29) is 12.1 Å². The van der Waals surface area contributed by atoms with Gasteiger partial charge >= 0.3 is 6.03 Å². The van der Waals surface area contributed by atoms with Crippen LogP contribution in [-0.2, 0) is 0 Å². The summed E-state index contributed by atoms with van der Waals surface area (Å²) in [6.45, 7) is 2.55. The molecule has 2 amide bonds. The van der Waals surface area contributed by atoms with Gasteiger partial charge < -0.3 is 14.7 Å². The minimum atomic E-state index is -0.161. The number of rotatable bonds is 2. The van der Waals surface area contributed by atoms with Crippen LogP contribution in [0.5, 0.6) is 0 Å². The topological polar surface area (TPSA) is 58.4 Å². The standard InChI is InChI=1S/C15H16ClN3O2/c1-10-9-13(18-21-10)14-7-4-8-19(14)15(20)17-12-6-3-2-5-11(12)16/h2-3,5-6,9,14H,4,7-8H2,1H3,(H,17,20)/t14-/m1/s1. The molecule has 1 aliphatic rings. The van der Waals surface area contributed by atoms with Gasteiger partial charge in [-0.3, -0.25) is 0 Å². The van der Waals surface area contributed by atoms with Crippen LogP contribution in [0.1, 0.15) is 30.3 Å². The number of carbonyl (C=O) groups excluding carboxylic acids is 1. The van der Waals surface area contributed by atoms with Crippen LogP contribution in [0.15, 0.2) is 34.9 Å². The number of nitrogens with zero attached hydrogens (tertiary/aromatic N) is 2. The number of carbonyl (C=O) groups is 1. The van der Waals surface area contributed by atoms with E-state index in [9.17, 15) is 4.79 Å². The lowest BCUT2D eigenvalue weighted by atomic mass is 10.1. The molecule has 0 radical (unpaired) electrons. The average Bonchev–Trinajstić information content (AvgIpc) is 3.09. The minimum Gasteiger partial charge on any atom is -0.361 e. The van der Waals surface area contributed by atoms with Crippen LogP contribution in [-0.4, -0.2) is 22.6 Å². The first-order valence-corrected chi connectivity index (χ1v) is 7.28. The highest BCUT2D eigenvalue weighted by atomic mass is 35.5. The molecule has 2 aromatic rings. The Morgan fingerprint density at radius 1 is 1.48 bits per heavy atom. The van der Waals surface area contributed by atoms with Crippen molar-refractivity contribution < 1.29 is 9.32 Å². The largest absolute Gasteiger partial charge is 0.361 e. The molecule has 21 heavy (non-hydrogen) atoms. The zero-order chi connectivity index (χ0) is 14.8. The zero-order valence-electron chi connectivity index (χ0n) is 11.7. The normalized spacial score (nSPS) is 18.0. The molecule has 0 bridgehead atoms. The lowest BCUT2D eigenvalue weighted by Gasteiger charge is -2.23. The molecule has 2 heterocycles. The Balaban J connectivity index is 1.76. The van der Waals surface area contributed by atoms with E-state index in [0.717, 1.165) is 24.3 Å². The molecule has 5 nitrogen and oxygen atoms in total. The van der Waals surface area contributed by atoms with Gasteiger partial charge in [0.15, 0.2) is 0 Å². The second-order valence-corrected chi connectivity index (χ2v) is 5.53. The van der Waals surface area contributed by atoms with Crippen LogP contribution in [0.4, 0.5) is 10.5 Å². The van der Waals surface area contributed by atoms with Gasteiger partial charge in [0.05, 0.1) is 16.8 Å². The van der Waals surface area contributed by atoms with Crippen molar-refractivity contribution >= 4 is 23.3 Å². The molecule has 3 rings (SSSR count). The third-order valence-corrected chi connectivity index (χ3v) is 3.95. The van der Waals surface area contributed by atoms with Crippen LogP contribution >= 0.6 is 11.6 Å². The van der Waals surface area contributed by atoms with Crippen LogP contribution in [0.3, 0.4) is 0 Å². The first-order valence-electron chi connectivity index (χ1n) is 6.90. The van der Waals surface area contributed by atoms with Crippen molar-refractivity contribution in [2.45, 2.75) is 25.8 Å². The van der Waals surface area contributed by atoms with Crippen LogP contribution in [0.25, 0.3) is 0 Å². The van der Waals surface area contributed by atoms with Gasteiger partial charge in [-0.1, -0.05) is 28.9 Å². The smallest absolute Gasteiger partial charge is 0.322 e. The number of aryl methyl sites for hydroxylation is 1. The van der Waals surface area contributed by atoms with E-state index in [0.29, 0.717) is 17.3 Å². The molecule has 1 atom stereocenters. The lowest BCUT2D eigenvalue weighted by Crippen LogP contribution is -2.34. The second-order valence-electron chi connectivity index (χ2n) is 5.12. The third kappa shape index (κ3) is 2.88. The van der Waals surface area contributed by atoms with E-state index in [1.807, 2.05) is 25.1 Å². The summed E-state index contributed by atoms with van der Waals surface area (Å²) in [5, 5.41) is 7.41. The van der Waals surface area contributed by atoms with Gasteiger partial charge in [0.1, 0.15) is 11.5 Å². The van der Waals surface area contributed by atoms with Crippen molar-refractivity contribution in [3.05, 3.63) is 46.8 Å². The van der Waals surface area contributed by atoms with E-state index in [2.05, 4.69) is 10.5 Å². The van der Waals surface area contributed by atoms with Crippen LogP contribution < -0.4 is 5.32 Å². The fourth-order valence-corrected chi connectivity index (χ4v) is 2.79. The molecule has 110 valence electrons. The monoisotopic (exact) mass is 305 g/mol. The summed E-state index contributed by atoms with van der Waals surface area (Å²) in [4.78, 5) is 14.2. The number of nitrogens with one attached hydrogen (secondary N) is 1. The highest BCUT2D eigenvalue weighted by molar-refractivity contribution is 6.33. The molecule has 0 unspecified atom stereocenters. The number of anilines is 1. The molecule has 1 aromatic heterocycles. The number of para-hydroxylation sites is 1. The predicted octanol–water partition coefficient (Wildman–Crippen LogP) is 4.01. The van der Waals surface area contributed by atoms with Gasteiger partial charge in [-0.05, 0) is 31.9 Å².